The monoisotopic (exact) mass is 311 g/mol. The number of ether oxygens (including phenoxy) is 1. The molecule has 0 radical (unpaired) electrons. The van der Waals surface area contributed by atoms with Crippen molar-refractivity contribution in [3.63, 3.8) is 0 Å². The summed E-state index contributed by atoms with van der Waals surface area (Å²) < 4.78 is 6.56. The van der Waals surface area contributed by atoms with Gasteiger partial charge in [-0.15, -0.1) is 0 Å². The summed E-state index contributed by atoms with van der Waals surface area (Å²) >= 11 is 3.53. The Bertz CT molecular complexity index is 407. The molecule has 3 heteroatoms. The molecule has 1 aliphatic heterocycles. The van der Waals surface area contributed by atoms with Gasteiger partial charge in [-0.05, 0) is 49.5 Å². The number of hydrogen-bond donors (Lipinski definition) is 0. The fourth-order valence-electron chi connectivity index (χ4n) is 2.43. The third-order valence-corrected chi connectivity index (χ3v) is 4.34. The molecule has 1 heterocycles. The predicted octanol–water partition coefficient (Wildman–Crippen LogP) is 4.08. The zero-order valence-corrected chi connectivity index (χ0v) is 13.1. The minimum atomic E-state index is 0.512. The second kappa shape index (κ2) is 5.62. The first-order chi connectivity index (χ1) is 8.50. The van der Waals surface area contributed by atoms with Crippen LogP contribution in [0.1, 0.15) is 32.3 Å². The molecule has 0 aliphatic carbocycles. The predicted molar refractivity (Wildman–Crippen MR) is 79.0 cm³/mol. The van der Waals surface area contributed by atoms with Crippen LogP contribution >= 0.6 is 15.9 Å². The molecule has 100 valence electrons. The maximum Gasteiger partial charge on any atom is 0.123 e. The first-order valence-electron chi connectivity index (χ1n) is 6.55. The molecule has 0 N–H and O–H groups in total. The van der Waals surface area contributed by atoms with E-state index in [1.54, 1.807) is 7.11 Å². The topological polar surface area (TPSA) is 12.5 Å². The Balaban J connectivity index is 2.04. The highest BCUT2D eigenvalue weighted by atomic mass is 79.9. The molecule has 0 spiro atoms. The van der Waals surface area contributed by atoms with Crippen molar-refractivity contribution >= 4 is 15.9 Å². The number of likely N-dealkylation sites (tertiary alicyclic amines) is 1. The fraction of sp³-hybridized carbons (Fsp3) is 0.600. The number of nitrogens with zero attached hydrogens (tertiary/aromatic N) is 1. The maximum absolute atomic E-state index is 5.44. The average Bonchev–Trinajstić information content (AvgIpc) is 2.32. The summed E-state index contributed by atoms with van der Waals surface area (Å²) in [4.78, 5) is 2.52. The number of rotatable bonds is 3. The number of benzene rings is 1. The summed E-state index contributed by atoms with van der Waals surface area (Å²) in [6, 6.07) is 6.23. The van der Waals surface area contributed by atoms with Gasteiger partial charge in [0.25, 0.3) is 0 Å². The first kappa shape index (κ1) is 13.9. The molecular formula is C15H22BrNO. The van der Waals surface area contributed by atoms with Crippen molar-refractivity contribution in [3.05, 3.63) is 28.2 Å². The highest BCUT2D eigenvalue weighted by molar-refractivity contribution is 9.10. The molecule has 0 unspecified atom stereocenters. The Hall–Kier alpha value is -0.540. The molecule has 0 atom stereocenters. The van der Waals surface area contributed by atoms with Gasteiger partial charge in [-0.25, -0.2) is 0 Å². The molecule has 2 nitrogen and oxygen atoms in total. The lowest BCUT2D eigenvalue weighted by Gasteiger charge is -2.37. The summed E-state index contributed by atoms with van der Waals surface area (Å²) in [6.07, 6.45) is 2.56. The molecule has 1 aromatic carbocycles. The van der Waals surface area contributed by atoms with Crippen molar-refractivity contribution < 1.29 is 4.74 Å². The number of methoxy groups -OCH3 is 1. The van der Waals surface area contributed by atoms with Crippen LogP contribution < -0.4 is 4.74 Å². The number of halogens is 1. The van der Waals surface area contributed by atoms with Crippen LogP contribution in [0, 0.1) is 5.41 Å². The quantitative estimate of drug-likeness (QED) is 0.834. The van der Waals surface area contributed by atoms with Crippen molar-refractivity contribution in [2.75, 3.05) is 20.2 Å². The van der Waals surface area contributed by atoms with E-state index < -0.39 is 0 Å². The van der Waals surface area contributed by atoms with Crippen LogP contribution in [-0.2, 0) is 6.54 Å². The van der Waals surface area contributed by atoms with Crippen LogP contribution in [0.15, 0.2) is 22.7 Å². The van der Waals surface area contributed by atoms with Gasteiger partial charge in [-0.1, -0.05) is 29.8 Å². The molecule has 1 aliphatic rings. The third-order valence-electron chi connectivity index (χ3n) is 3.85. The molecule has 0 amide bonds. The number of hydrogen-bond acceptors (Lipinski definition) is 2. The van der Waals surface area contributed by atoms with E-state index in [0.717, 1.165) is 16.8 Å². The molecule has 18 heavy (non-hydrogen) atoms. The van der Waals surface area contributed by atoms with Crippen LogP contribution in [0.2, 0.25) is 0 Å². The standard InChI is InChI=1S/C15H22BrNO/c1-15(2)6-8-17(9-7-15)11-12-10-13(16)4-5-14(12)18-3/h4-5,10H,6-9,11H2,1-3H3. The van der Waals surface area contributed by atoms with Crippen LogP contribution in [-0.4, -0.2) is 25.1 Å². The Labute approximate surface area is 118 Å². The Morgan fingerprint density at radius 2 is 1.94 bits per heavy atom. The van der Waals surface area contributed by atoms with E-state index in [9.17, 15) is 0 Å². The third kappa shape index (κ3) is 3.48. The highest BCUT2D eigenvalue weighted by Gasteiger charge is 2.25. The van der Waals surface area contributed by atoms with Gasteiger partial charge in [0, 0.05) is 16.6 Å². The largest absolute Gasteiger partial charge is 0.496 e. The van der Waals surface area contributed by atoms with E-state index in [0.29, 0.717) is 5.41 Å². The van der Waals surface area contributed by atoms with E-state index >= 15 is 0 Å². The van der Waals surface area contributed by atoms with Gasteiger partial charge in [-0.2, -0.15) is 0 Å². The molecular weight excluding hydrogens is 290 g/mol. The summed E-state index contributed by atoms with van der Waals surface area (Å²) in [5, 5.41) is 0. The second-order valence-corrected chi connectivity index (χ2v) is 6.81. The summed E-state index contributed by atoms with van der Waals surface area (Å²) in [7, 11) is 1.74. The lowest BCUT2D eigenvalue weighted by Crippen LogP contribution is -2.36. The minimum absolute atomic E-state index is 0.512. The van der Waals surface area contributed by atoms with E-state index in [1.807, 2.05) is 12.1 Å². The Kier molecular flexibility index (Phi) is 4.33. The van der Waals surface area contributed by atoms with E-state index in [-0.39, 0.29) is 0 Å². The van der Waals surface area contributed by atoms with Crippen LogP contribution in [0.25, 0.3) is 0 Å². The van der Waals surface area contributed by atoms with Gasteiger partial charge in [0.2, 0.25) is 0 Å². The van der Waals surface area contributed by atoms with Crippen molar-refractivity contribution in [1.82, 2.24) is 4.90 Å². The minimum Gasteiger partial charge on any atom is -0.496 e. The smallest absolute Gasteiger partial charge is 0.123 e. The van der Waals surface area contributed by atoms with E-state index in [2.05, 4.69) is 40.7 Å². The SMILES string of the molecule is COc1ccc(Br)cc1CN1CCC(C)(C)CC1. The van der Waals surface area contributed by atoms with E-state index in [4.69, 9.17) is 4.74 Å². The van der Waals surface area contributed by atoms with Gasteiger partial charge < -0.3 is 4.74 Å². The molecule has 1 fully saturated rings. The van der Waals surface area contributed by atoms with Gasteiger partial charge >= 0.3 is 0 Å². The van der Waals surface area contributed by atoms with Crippen molar-refractivity contribution in [3.8, 4) is 5.75 Å². The molecule has 2 rings (SSSR count). The molecule has 1 saturated heterocycles. The van der Waals surface area contributed by atoms with Crippen LogP contribution in [0.4, 0.5) is 0 Å². The summed E-state index contributed by atoms with van der Waals surface area (Å²) in [6.45, 7) is 8.08. The van der Waals surface area contributed by atoms with Gasteiger partial charge in [0.15, 0.2) is 0 Å². The Morgan fingerprint density at radius 1 is 1.28 bits per heavy atom. The first-order valence-corrected chi connectivity index (χ1v) is 7.34. The summed E-state index contributed by atoms with van der Waals surface area (Å²) in [5.41, 5.74) is 1.78. The Morgan fingerprint density at radius 3 is 2.56 bits per heavy atom. The molecule has 0 bridgehead atoms. The van der Waals surface area contributed by atoms with Gasteiger partial charge in [0.05, 0.1) is 7.11 Å². The van der Waals surface area contributed by atoms with Crippen LogP contribution in [0.5, 0.6) is 5.75 Å². The molecule has 1 aromatic rings. The maximum atomic E-state index is 5.44. The van der Waals surface area contributed by atoms with Crippen molar-refractivity contribution in [2.45, 2.75) is 33.2 Å². The summed E-state index contributed by atoms with van der Waals surface area (Å²) in [5.74, 6) is 0.989. The lowest BCUT2D eigenvalue weighted by molar-refractivity contribution is 0.126. The highest BCUT2D eigenvalue weighted by Crippen LogP contribution is 2.31. The normalized spacial score (nSPS) is 19.8. The molecule has 0 saturated carbocycles. The zero-order valence-electron chi connectivity index (χ0n) is 11.5. The number of piperidine rings is 1. The van der Waals surface area contributed by atoms with Gasteiger partial charge in [-0.3, -0.25) is 4.90 Å². The molecule has 0 aromatic heterocycles. The fourth-order valence-corrected chi connectivity index (χ4v) is 2.84. The average molecular weight is 312 g/mol. The second-order valence-electron chi connectivity index (χ2n) is 5.90. The lowest BCUT2D eigenvalue weighted by atomic mass is 9.82. The van der Waals surface area contributed by atoms with Crippen LogP contribution in [0.3, 0.4) is 0 Å². The van der Waals surface area contributed by atoms with Crippen molar-refractivity contribution in [2.24, 2.45) is 5.41 Å². The van der Waals surface area contributed by atoms with Gasteiger partial charge in [0.1, 0.15) is 5.75 Å². The van der Waals surface area contributed by atoms with Crippen molar-refractivity contribution in [1.29, 1.82) is 0 Å². The zero-order chi connectivity index (χ0) is 13.2. The van der Waals surface area contributed by atoms with E-state index in [1.165, 1.54) is 31.5 Å².